The Bertz CT molecular complexity index is 564. The molecule has 20 heavy (non-hydrogen) atoms. The van der Waals surface area contributed by atoms with Gasteiger partial charge in [-0.1, -0.05) is 11.6 Å². The van der Waals surface area contributed by atoms with Gasteiger partial charge in [0.25, 0.3) is 0 Å². The van der Waals surface area contributed by atoms with Crippen LogP contribution >= 0.6 is 34.3 Å². The van der Waals surface area contributed by atoms with Gasteiger partial charge < -0.3 is 5.32 Å². The highest BCUT2D eigenvalue weighted by atomic mass is 35.5. The maximum atomic E-state index is 6.02. The van der Waals surface area contributed by atoms with Gasteiger partial charge in [0.2, 0.25) is 0 Å². The topological polar surface area (TPSA) is 12.0 Å². The summed E-state index contributed by atoms with van der Waals surface area (Å²) in [4.78, 5) is 4.40. The van der Waals surface area contributed by atoms with E-state index in [2.05, 4.69) is 31.3 Å². The molecule has 1 N–H and O–H groups in total. The Labute approximate surface area is 134 Å². The van der Waals surface area contributed by atoms with Gasteiger partial charge in [-0.05, 0) is 63.3 Å². The second kappa shape index (κ2) is 6.18. The summed E-state index contributed by atoms with van der Waals surface area (Å²) in [6, 6.07) is 7.28. The summed E-state index contributed by atoms with van der Waals surface area (Å²) in [6.07, 6.45) is 5.27. The molecule has 0 amide bonds. The first-order valence-electron chi connectivity index (χ1n) is 7.26. The van der Waals surface area contributed by atoms with Crippen LogP contribution in [0.5, 0.6) is 0 Å². The first kappa shape index (κ1) is 14.6. The van der Waals surface area contributed by atoms with Gasteiger partial charge in [0.05, 0.1) is 4.34 Å². The fourth-order valence-corrected chi connectivity index (χ4v) is 5.17. The van der Waals surface area contributed by atoms with Crippen LogP contribution in [0.15, 0.2) is 18.2 Å². The van der Waals surface area contributed by atoms with E-state index in [1.54, 1.807) is 21.8 Å². The molecule has 1 aliphatic rings. The molecule has 1 aliphatic carbocycles. The Hall–Kier alpha value is -0.350. The molecule has 2 aromatic rings. The number of thiophene rings is 2. The zero-order valence-electron chi connectivity index (χ0n) is 11.9. The third kappa shape index (κ3) is 3.11. The second-order valence-electron chi connectivity index (χ2n) is 5.56. The first-order valence-corrected chi connectivity index (χ1v) is 9.27. The Kier molecular flexibility index (Phi) is 4.51. The van der Waals surface area contributed by atoms with Crippen LogP contribution in [-0.4, -0.2) is 0 Å². The van der Waals surface area contributed by atoms with Crippen LogP contribution in [0.2, 0.25) is 4.34 Å². The molecule has 0 aliphatic heterocycles. The number of hydrogen-bond donors (Lipinski definition) is 1. The number of fused-ring (bicyclic) bond motifs is 1. The maximum Gasteiger partial charge on any atom is 0.0931 e. The predicted molar refractivity (Wildman–Crippen MR) is 90.3 cm³/mol. The van der Waals surface area contributed by atoms with Gasteiger partial charge in [0.15, 0.2) is 0 Å². The minimum atomic E-state index is 0.349. The van der Waals surface area contributed by atoms with Crippen molar-refractivity contribution in [3.8, 4) is 0 Å². The Morgan fingerprint density at radius 2 is 1.80 bits per heavy atom. The maximum absolute atomic E-state index is 6.02. The predicted octanol–water partition coefficient (Wildman–Crippen LogP) is 5.75. The van der Waals surface area contributed by atoms with E-state index < -0.39 is 0 Å². The third-order valence-electron chi connectivity index (χ3n) is 3.96. The number of nitrogens with one attached hydrogen (secondary N) is 1. The van der Waals surface area contributed by atoms with Crippen molar-refractivity contribution in [3.63, 3.8) is 0 Å². The third-order valence-corrected chi connectivity index (χ3v) is 6.80. The lowest BCUT2D eigenvalue weighted by atomic mass is 9.99. The number of rotatable bonds is 4. The van der Waals surface area contributed by atoms with E-state index in [9.17, 15) is 0 Å². The fraction of sp³-hybridized carbons (Fsp3) is 0.500. The van der Waals surface area contributed by atoms with E-state index in [4.69, 9.17) is 11.6 Å². The molecule has 0 spiro atoms. The SMILES string of the molecule is CC(NC(C)c1cc2c(s1)CCCC2)c1ccc(Cl)s1. The molecular weight excluding hydrogens is 306 g/mol. The summed E-state index contributed by atoms with van der Waals surface area (Å²) in [5, 5.41) is 3.70. The monoisotopic (exact) mass is 325 g/mol. The van der Waals surface area contributed by atoms with Crippen LogP contribution in [0.1, 0.15) is 59.0 Å². The van der Waals surface area contributed by atoms with Crippen LogP contribution in [0, 0.1) is 0 Å². The van der Waals surface area contributed by atoms with E-state index in [1.807, 2.05) is 17.4 Å². The largest absolute Gasteiger partial charge is 0.302 e. The summed E-state index contributed by atoms with van der Waals surface area (Å²) in [5.74, 6) is 0. The average Bonchev–Trinajstić information content (AvgIpc) is 3.04. The van der Waals surface area contributed by atoms with E-state index in [0.717, 1.165) is 4.34 Å². The van der Waals surface area contributed by atoms with Gasteiger partial charge in [-0.2, -0.15) is 0 Å². The molecule has 0 saturated heterocycles. The van der Waals surface area contributed by atoms with Crippen LogP contribution < -0.4 is 5.32 Å². The van der Waals surface area contributed by atoms with Crippen LogP contribution in [-0.2, 0) is 12.8 Å². The molecule has 0 bridgehead atoms. The van der Waals surface area contributed by atoms with Gasteiger partial charge in [-0.3, -0.25) is 0 Å². The molecule has 2 atom stereocenters. The lowest BCUT2D eigenvalue weighted by Crippen LogP contribution is -2.21. The lowest BCUT2D eigenvalue weighted by molar-refractivity contribution is 0.505. The lowest BCUT2D eigenvalue weighted by Gasteiger charge is -2.18. The molecule has 0 saturated carbocycles. The van der Waals surface area contributed by atoms with Gasteiger partial charge >= 0.3 is 0 Å². The zero-order valence-corrected chi connectivity index (χ0v) is 14.3. The molecule has 0 radical (unpaired) electrons. The first-order chi connectivity index (χ1) is 9.63. The average molecular weight is 326 g/mol. The molecule has 2 aromatic heterocycles. The van der Waals surface area contributed by atoms with E-state index >= 15 is 0 Å². The zero-order chi connectivity index (χ0) is 14.1. The standard InChI is InChI=1S/C16H20ClNS2/c1-10(13-7-8-16(17)20-13)18-11(2)15-9-12-5-3-4-6-14(12)19-15/h7-11,18H,3-6H2,1-2H3. The molecule has 1 nitrogen and oxygen atoms in total. The Morgan fingerprint density at radius 1 is 1.05 bits per heavy atom. The van der Waals surface area contributed by atoms with E-state index in [0.29, 0.717) is 12.1 Å². The number of hydrogen-bond acceptors (Lipinski definition) is 3. The fourth-order valence-electron chi connectivity index (χ4n) is 2.83. The van der Waals surface area contributed by atoms with Crippen molar-refractivity contribution in [2.45, 2.75) is 51.6 Å². The van der Waals surface area contributed by atoms with Crippen molar-refractivity contribution in [2.75, 3.05) is 0 Å². The minimum absolute atomic E-state index is 0.349. The Balaban J connectivity index is 1.69. The normalized spacial score (nSPS) is 17.8. The quantitative estimate of drug-likeness (QED) is 0.754. The van der Waals surface area contributed by atoms with Crippen molar-refractivity contribution >= 4 is 34.3 Å². The molecular formula is C16H20ClNS2. The van der Waals surface area contributed by atoms with Gasteiger partial charge in [0.1, 0.15) is 0 Å². The van der Waals surface area contributed by atoms with E-state index in [1.165, 1.54) is 35.4 Å². The Morgan fingerprint density at radius 3 is 2.50 bits per heavy atom. The van der Waals surface area contributed by atoms with Crippen LogP contribution in [0.3, 0.4) is 0 Å². The van der Waals surface area contributed by atoms with Crippen molar-refractivity contribution in [3.05, 3.63) is 42.7 Å². The molecule has 2 unspecified atom stereocenters. The number of halogens is 1. The summed E-state index contributed by atoms with van der Waals surface area (Å²) < 4.78 is 0.868. The molecule has 3 rings (SSSR count). The molecule has 108 valence electrons. The summed E-state index contributed by atoms with van der Waals surface area (Å²) >= 11 is 9.69. The summed E-state index contributed by atoms with van der Waals surface area (Å²) in [5.41, 5.74) is 1.59. The molecule has 0 fully saturated rings. The molecule has 2 heterocycles. The highest BCUT2D eigenvalue weighted by molar-refractivity contribution is 7.16. The van der Waals surface area contributed by atoms with E-state index in [-0.39, 0.29) is 0 Å². The summed E-state index contributed by atoms with van der Waals surface area (Å²) in [6.45, 7) is 4.48. The van der Waals surface area contributed by atoms with Gasteiger partial charge in [-0.25, -0.2) is 0 Å². The highest BCUT2D eigenvalue weighted by Gasteiger charge is 2.18. The van der Waals surface area contributed by atoms with Crippen LogP contribution in [0.4, 0.5) is 0 Å². The summed E-state index contributed by atoms with van der Waals surface area (Å²) in [7, 11) is 0. The van der Waals surface area contributed by atoms with Gasteiger partial charge in [0, 0.05) is 26.7 Å². The van der Waals surface area contributed by atoms with Gasteiger partial charge in [-0.15, -0.1) is 22.7 Å². The number of aryl methyl sites for hydroxylation is 2. The van der Waals surface area contributed by atoms with Crippen molar-refractivity contribution < 1.29 is 0 Å². The molecule has 4 heteroatoms. The van der Waals surface area contributed by atoms with Crippen molar-refractivity contribution in [1.82, 2.24) is 5.32 Å². The molecule has 0 aromatic carbocycles. The second-order valence-corrected chi connectivity index (χ2v) is 8.47. The van der Waals surface area contributed by atoms with Crippen molar-refractivity contribution in [2.24, 2.45) is 0 Å². The van der Waals surface area contributed by atoms with Crippen LogP contribution in [0.25, 0.3) is 0 Å². The smallest absolute Gasteiger partial charge is 0.0931 e. The van der Waals surface area contributed by atoms with Crippen molar-refractivity contribution in [1.29, 1.82) is 0 Å². The highest BCUT2D eigenvalue weighted by Crippen LogP contribution is 2.34. The minimum Gasteiger partial charge on any atom is -0.302 e.